The lowest BCUT2D eigenvalue weighted by Crippen LogP contribution is -2.09. The van der Waals surface area contributed by atoms with E-state index in [0.717, 1.165) is 6.26 Å². The number of hydrogen-bond donors (Lipinski definition) is 1. The van der Waals surface area contributed by atoms with E-state index in [-0.39, 0.29) is 11.3 Å². The van der Waals surface area contributed by atoms with Gasteiger partial charge in [-0.1, -0.05) is 6.92 Å². The number of rotatable bonds is 3. The molecule has 74 valence electrons. The summed E-state index contributed by atoms with van der Waals surface area (Å²) in [6, 6.07) is -0.265. The van der Waals surface area contributed by atoms with E-state index in [1.54, 1.807) is 0 Å². The first-order valence-electron chi connectivity index (χ1n) is 3.86. The van der Waals surface area contributed by atoms with Crippen LogP contribution in [0.3, 0.4) is 0 Å². The minimum atomic E-state index is -3.36. The standard InChI is InChI=1S/C7H12N2O3S/c1-3-5(8)6-4-12-7(9-6)13(2,10)11/h4-5H,3,8H2,1-2H3/t5-/m0/s1. The van der Waals surface area contributed by atoms with Crippen molar-refractivity contribution in [2.24, 2.45) is 5.73 Å². The van der Waals surface area contributed by atoms with Gasteiger partial charge in [-0.15, -0.1) is 0 Å². The predicted octanol–water partition coefficient (Wildman–Crippen LogP) is 0.488. The summed E-state index contributed by atoms with van der Waals surface area (Å²) in [6.07, 6.45) is 3.01. The quantitative estimate of drug-likeness (QED) is 0.774. The molecule has 1 rings (SSSR count). The van der Waals surface area contributed by atoms with Crippen molar-refractivity contribution >= 4 is 9.84 Å². The second-order valence-corrected chi connectivity index (χ2v) is 4.72. The van der Waals surface area contributed by atoms with E-state index >= 15 is 0 Å². The topological polar surface area (TPSA) is 86.2 Å². The third-order valence-electron chi connectivity index (χ3n) is 1.64. The monoisotopic (exact) mass is 204 g/mol. The van der Waals surface area contributed by atoms with E-state index in [1.807, 2.05) is 6.92 Å². The highest BCUT2D eigenvalue weighted by Crippen LogP contribution is 2.15. The highest BCUT2D eigenvalue weighted by Gasteiger charge is 2.17. The van der Waals surface area contributed by atoms with Crippen molar-refractivity contribution in [3.8, 4) is 0 Å². The summed E-state index contributed by atoms with van der Waals surface area (Å²) in [7, 11) is -3.36. The fraction of sp³-hybridized carbons (Fsp3) is 0.571. The van der Waals surface area contributed by atoms with Gasteiger partial charge in [0.2, 0.25) is 9.84 Å². The van der Waals surface area contributed by atoms with Crippen LogP contribution in [0, 0.1) is 0 Å². The van der Waals surface area contributed by atoms with Crippen LogP contribution in [0.2, 0.25) is 0 Å². The lowest BCUT2D eigenvalue weighted by atomic mass is 10.2. The smallest absolute Gasteiger partial charge is 0.314 e. The van der Waals surface area contributed by atoms with Crippen LogP contribution < -0.4 is 5.73 Å². The molecular formula is C7H12N2O3S. The zero-order valence-corrected chi connectivity index (χ0v) is 8.34. The van der Waals surface area contributed by atoms with Crippen molar-refractivity contribution in [1.29, 1.82) is 0 Å². The molecule has 0 aliphatic rings. The van der Waals surface area contributed by atoms with E-state index in [4.69, 9.17) is 10.2 Å². The number of hydrogen-bond acceptors (Lipinski definition) is 5. The zero-order chi connectivity index (χ0) is 10.1. The van der Waals surface area contributed by atoms with Crippen molar-refractivity contribution in [3.05, 3.63) is 12.0 Å². The molecule has 0 saturated heterocycles. The molecule has 2 N–H and O–H groups in total. The summed E-state index contributed by atoms with van der Waals surface area (Å²) in [6.45, 7) is 1.89. The van der Waals surface area contributed by atoms with Crippen molar-refractivity contribution in [2.75, 3.05) is 6.26 Å². The van der Waals surface area contributed by atoms with Crippen LogP contribution >= 0.6 is 0 Å². The molecule has 6 heteroatoms. The molecule has 0 aliphatic heterocycles. The molecule has 0 aliphatic carbocycles. The van der Waals surface area contributed by atoms with E-state index in [0.29, 0.717) is 12.1 Å². The summed E-state index contributed by atoms with van der Waals surface area (Å²) >= 11 is 0. The Labute approximate surface area is 76.9 Å². The number of oxazole rings is 1. The van der Waals surface area contributed by atoms with E-state index < -0.39 is 9.84 Å². The Balaban J connectivity index is 3.00. The summed E-state index contributed by atoms with van der Waals surface area (Å²) < 4.78 is 26.7. The van der Waals surface area contributed by atoms with Crippen LogP contribution in [0.5, 0.6) is 0 Å². The highest BCUT2D eigenvalue weighted by atomic mass is 32.2. The van der Waals surface area contributed by atoms with Crippen LogP contribution in [0.1, 0.15) is 25.1 Å². The van der Waals surface area contributed by atoms with Gasteiger partial charge in [0.05, 0.1) is 11.7 Å². The van der Waals surface area contributed by atoms with Crippen LogP contribution in [0.25, 0.3) is 0 Å². The van der Waals surface area contributed by atoms with Crippen molar-refractivity contribution < 1.29 is 12.8 Å². The molecule has 0 amide bonds. The van der Waals surface area contributed by atoms with Crippen LogP contribution in [0.15, 0.2) is 15.9 Å². The number of aromatic nitrogens is 1. The van der Waals surface area contributed by atoms with Crippen LogP contribution in [-0.4, -0.2) is 19.7 Å². The summed E-state index contributed by atoms with van der Waals surface area (Å²) in [4.78, 5) is 3.77. The number of nitrogens with two attached hydrogens (primary N) is 1. The Morgan fingerprint density at radius 3 is 2.69 bits per heavy atom. The van der Waals surface area contributed by atoms with Gasteiger partial charge in [-0.05, 0) is 6.42 Å². The Hall–Kier alpha value is -0.880. The number of sulfone groups is 1. The van der Waals surface area contributed by atoms with E-state index in [9.17, 15) is 8.42 Å². The molecule has 0 aromatic carbocycles. The Morgan fingerprint density at radius 1 is 1.69 bits per heavy atom. The van der Waals surface area contributed by atoms with Gasteiger partial charge < -0.3 is 10.2 Å². The van der Waals surface area contributed by atoms with Crippen LogP contribution in [0.4, 0.5) is 0 Å². The Kier molecular flexibility index (Phi) is 2.72. The van der Waals surface area contributed by atoms with Gasteiger partial charge in [0, 0.05) is 6.26 Å². The van der Waals surface area contributed by atoms with Gasteiger partial charge in [0.25, 0.3) is 0 Å². The summed E-state index contributed by atoms with van der Waals surface area (Å²) in [5.74, 6) is 0. The largest absolute Gasteiger partial charge is 0.436 e. The molecule has 0 radical (unpaired) electrons. The van der Waals surface area contributed by atoms with Gasteiger partial charge >= 0.3 is 5.22 Å². The molecule has 0 bridgehead atoms. The van der Waals surface area contributed by atoms with Gasteiger partial charge in [-0.3, -0.25) is 0 Å². The maximum Gasteiger partial charge on any atom is 0.314 e. The molecule has 5 nitrogen and oxygen atoms in total. The van der Waals surface area contributed by atoms with Crippen molar-refractivity contribution in [1.82, 2.24) is 4.98 Å². The molecule has 13 heavy (non-hydrogen) atoms. The minimum Gasteiger partial charge on any atom is -0.436 e. The summed E-state index contributed by atoms with van der Waals surface area (Å²) in [5, 5.41) is -0.272. The van der Waals surface area contributed by atoms with Gasteiger partial charge in [-0.25, -0.2) is 13.4 Å². The molecule has 0 spiro atoms. The second-order valence-electron chi connectivity index (χ2n) is 2.83. The average Bonchev–Trinajstić information content (AvgIpc) is 2.50. The first-order valence-corrected chi connectivity index (χ1v) is 5.75. The molecule has 1 aromatic heterocycles. The fourth-order valence-corrected chi connectivity index (χ4v) is 1.31. The zero-order valence-electron chi connectivity index (χ0n) is 7.52. The third kappa shape index (κ3) is 2.28. The number of nitrogens with zero attached hydrogens (tertiary/aromatic N) is 1. The fourth-order valence-electron chi connectivity index (χ4n) is 0.819. The van der Waals surface area contributed by atoms with Crippen molar-refractivity contribution in [3.63, 3.8) is 0 Å². The lowest BCUT2D eigenvalue weighted by molar-refractivity contribution is 0.431. The van der Waals surface area contributed by atoms with Crippen LogP contribution in [-0.2, 0) is 9.84 Å². The molecule has 0 unspecified atom stereocenters. The SMILES string of the molecule is CC[C@H](N)c1coc(S(C)(=O)=O)n1. The van der Waals surface area contributed by atoms with E-state index in [1.165, 1.54) is 6.26 Å². The maximum atomic E-state index is 11.0. The summed E-state index contributed by atoms with van der Waals surface area (Å²) in [5.41, 5.74) is 6.11. The molecule has 1 atom stereocenters. The van der Waals surface area contributed by atoms with Gasteiger partial charge in [0.15, 0.2) is 0 Å². The minimum absolute atomic E-state index is 0.265. The average molecular weight is 204 g/mol. The Morgan fingerprint density at radius 2 is 2.31 bits per heavy atom. The molecule has 1 heterocycles. The first-order chi connectivity index (χ1) is 5.95. The molecule has 1 aromatic rings. The van der Waals surface area contributed by atoms with Gasteiger partial charge in [0.1, 0.15) is 6.26 Å². The predicted molar refractivity (Wildman–Crippen MR) is 46.8 cm³/mol. The first kappa shape index (κ1) is 10.2. The van der Waals surface area contributed by atoms with E-state index in [2.05, 4.69) is 4.98 Å². The van der Waals surface area contributed by atoms with Gasteiger partial charge in [-0.2, -0.15) is 0 Å². The molecule has 0 saturated carbocycles. The highest BCUT2D eigenvalue weighted by molar-refractivity contribution is 7.90. The Bertz CT molecular complexity index is 382. The van der Waals surface area contributed by atoms with Crippen molar-refractivity contribution in [2.45, 2.75) is 24.6 Å². The molecular weight excluding hydrogens is 192 g/mol. The third-order valence-corrected chi connectivity index (χ3v) is 2.46. The maximum absolute atomic E-state index is 11.0. The lowest BCUT2D eigenvalue weighted by Gasteiger charge is -2.00. The molecule has 0 fully saturated rings. The second kappa shape index (κ2) is 3.47. The normalized spacial score (nSPS) is 14.4.